The Morgan fingerprint density at radius 1 is 0.896 bits per heavy atom. The van der Waals surface area contributed by atoms with Gasteiger partial charge in [0, 0.05) is 20.8 Å². The molecular formula is C32H44N2O14. The van der Waals surface area contributed by atoms with Crippen LogP contribution in [-0.2, 0) is 63.7 Å². The number of ether oxygens (including phenoxy) is 8. The Bertz CT molecular complexity index is 1280. The Morgan fingerprint density at radius 3 is 2.08 bits per heavy atom. The Balaban J connectivity index is 2.48. The molecule has 16 heteroatoms. The van der Waals surface area contributed by atoms with E-state index in [1.807, 2.05) is 0 Å². The van der Waals surface area contributed by atoms with Gasteiger partial charge in [-0.25, -0.2) is 14.4 Å². The number of nitrogens with one attached hydrogen (secondary N) is 2. The van der Waals surface area contributed by atoms with Crippen LogP contribution in [0.4, 0.5) is 9.59 Å². The summed E-state index contributed by atoms with van der Waals surface area (Å²) in [5, 5.41) is 4.92. The number of rotatable bonds is 14. The van der Waals surface area contributed by atoms with Crippen molar-refractivity contribution in [2.75, 3.05) is 13.2 Å². The molecule has 16 nitrogen and oxygen atoms in total. The molecule has 1 saturated heterocycles. The molecule has 1 fully saturated rings. The molecule has 7 atom stereocenters. The molecule has 1 heterocycles. The highest BCUT2D eigenvalue weighted by molar-refractivity contribution is 5.82. The summed E-state index contributed by atoms with van der Waals surface area (Å²) in [4.78, 5) is 75.0. The molecule has 1 aliphatic rings. The van der Waals surface area contributed by atoms with Gasteiger partial charge in [0.25, 0.3) is 0 Å². The van der Waals surface area contributed by atoms with Gasteiger partial charge in [0.05, 0.1) is 6.10 Å². The molecule has 0 saturated carbocycles. The Kier molecular flexibility index (Phi) is 15.3. The average molecular weight is 681 g/mol. The first-order valence-electron chi connectivity index (χ1n) is 15.0. The molecule has 0 spiro atoms. The SMILES string of the molecule is C=CCOC(=O)NC1C(OC(C)[C@H](NC(=O)OCc2ccccc2)C(=O)OC(C)(C)C)OC(COC(C)=O)C(OC(C)=O)C1OC(C)=O. The lowest BCUT2D eigenvalue weighted by molar-refractivity contribution is -0.287. The molecule has 2 amide bonds. The first-order chi connectivity index (χ1) is 22.5. The summed E-state index contributed by atoms with van der Waals surface area (Å²) < 4.78 is 44.0. The van der Waals surface area contributed by atoms with Crippen molar-refractivity contribution >= 4 is 36.1 Å². The predicted octanol–water partition coefficient (Wildman–Crippen LogP) is 2.46. The van der Waals surface area contributed by atoms with Crippen LogP contribution in [0, 0.1) is 0 Å². The van der Waals surface area contributed by atoms with Crippen LogP contribution in [0.2, 0.25) is 0 Å². The smallest absolute Gasteiger partial charge is 0.408 e. The van der Waals surface area contributed by atoms with Crippen LogP contribution in [0.3, 0.4) is 0 Å². The fourth-order valence-corrected chi connectivity index (χ4v) is 4.40. The summed E-state index contributed by atoms with van der Waals surface area (Å²) in [5.41, 5.74) is -0.283. The number of alkyl carbamates (subject to hydrolysis) is 2. The van der Waals surface area contributed by atoms with Crippen LogP contribution in [-0.4, -0.2) is 97.7 Å². The van der Waals surface area contributed by atoms with E-state index in [1.54, 1.807) is 51.1 Å². The van der Waals surface area contributed by atoms with E-state index in [2.05, 4.69) is 17.2 Å². The van der Waals surface area contributed by atoms with Gasteiger partial charge in [0.2, 0.25) is 0 Å². The van der Waals surface area contributed by atoms with Crippen LogP contribution >= 0.6 is 0 Å². The number of hydrogen-bond acceptors (Lipinski definition) is 14. The predicted molar refractivity (Wildman–Crippen MR) is 165 cm³/mol. The first-order valence-corrected chi connectivity index (χ1v) is 15.0. The molecule has 0 radical (unpaired) electrons. The van der Waals surface area contributed by atoms with Crippen molar-refractivity contribution in [3.8, 4) is 0 Å². The zero-order chi connectivity index (χ0) is 36.0. The zero-order valence-electron chi connectivity index (χ0n) is 28.0. The maximum absolute atomic E-state index is 13.4. The van der Waals surface area contributed by atoms with Crippen molar-refractivity contribution in [2.24, 2.45) is 0 Å². The molecule has 1 aromatic carbocycles. The number of hydrogen-bond donors (Lipinski definition) is 2. The molecule has 1 aliphatic heterocycles. The molecule has 0 bridgehead atoms. The quantitative estimate of drug-likeness (QED) is 0.165. The van der Waals surface area contributed by atoms with Gasteiger partial charge < -0.3 is 48.5 Å². The van der Waals surface area contributed by atoms with Crippen molar-refractivity contribution < 1.29 is 66.7 Å². The van der Waals surface area contributed by atoms with Gasteiger partial charge in [-0.05, 0) is 33.3 Å². The maximum Gasteiger partial charge on any atom is 0.408 e. The van der Waals surface area contributed by atoms with E-state index < -0.39 is 91.1 Å². The van der Waals surface area contributed by atoms with Gasteiger partial charge in [-0.15, -0.1) is 0 Å². The van der Waals surface area contributed by atoms with Crippen LogP contribution in [0.5, 0.6) is 0 Å². The molecule has 266 valence electrons. The topological polar surface area (TPSA) is 200 Å². The zero-order valence-corrected chi connectivity index (χ0v) is 28.0. The first kappa shape index (κ1) is 39.5. The van der Waals surface area contributed by atoms with Crippen molar-refractivity contribution in [1.82, 2.24) is 10.6 Å². The number of carbonyl (C=O) groups excluding carboxylic acids is 6. The molecular weight excluding hydrogens is 636 g/mol. The monoisotopic (exact) mass is 680 g/mol. The van der Waals surface area contributed by atoms with E-state index in [0.29, 0.717) is 5.56 Å². The second kappa shape index (κ2) is 18.6. The van der Waals surface area contributed by atoms with Gasteiger partial charge in [0.15, 0.2) is 24.5 Å². The summed E-state index contributed by atoms with van der Waals surface area (Å²) in [5.74, 6) is -3.25. The molecule has 6 unspecified atom stereocenters. The van der Waals surface area contributed by atoms with Gasteiger partial charge >= 0.3 is 36.1 Å². The highest BCUT2D eigenvalue weighted by Gasteiger charge is 2.52. The lowest BCUT2D eigenvalue weighted by Gasteiger charge is -2.45. The van der Waals surface area contributed by atoms with E-state index in [1.165, 1.54) is 13.0 Å². The minimum atomic E-state index is -1.60. The molecule has 2 N–H and O–H groups in total. The Labute approximate surface area is 278 Å². The molecule has 48 heavy (non-hydrogen) atoms. The highest BCUT2D eigenvalue weighted by atomic mass is 16.7. The summed E-state index contributed by atoms with van der Waals surface area (Å²) in [7, 11) is 0. The maximum atomic E-state index is 13.4. The third-order valence-corrected chi connectivity index (χ3v) is 6.28. The van der Waals surface area contributed by atoms with E-state index >= 15 is 0 Å². The van der Waals surface area contributed by atoms with Crippen molar-refractivity contribution in [3.63, 3.8) is 0 Å². The molecule has 0 aromatic heterocycles. The third-order valence-electron chi connectivity index (χ3n) is 6.28. The minimum absolute atomic E-state index is 0.104. The van der Waals surface area contributed by atoms with Crippen LogP contribution in [0.25, 0.3) is 0 Å². The standard InChI is InChI=1S/C32H44N2O14/c1-9-15-41-30(39)34-25-27(46-21(5)37)26(45-20(4)36)23(17-42-19(3)35)47-29(25)44-18(2)24(28(38)48-32(6,7)8)33-31(40)43-16-22-13-11-10-12-14-22/h9-14,18,23-27,29H,1,15-17H2,2-8H3,(H,33,40)(H,34,39)/t18?,23?,24-,25?,26?,27?,29?/m0/s1. The minimum Gasteiger partial charge on any atom is -0.463 e. The summed E-state index contributed by atoms with van der Waals surface area (Å²) in [6.07, 6.45) is -7.77. The normalized spacial score (nSPS) is 21.7. The lowest BCUT2D eigenvalue weighted by Crippen LogP contribution is -2.67. The molecule has 2 rings (SSSR count). The Morgan fingerprint density at radius 2 is 1.52 bits per heavy atom. The number of esters is 4. The van der Waals surface area contributed by atoms with E-state index in [-0.39, 0.29) is 13.2 Å². The molecule has 0 aliphatic carbocycles. The van der Waals surface area contributed by atoms with Gasteiger partial charge in [0.1, 0.15) is 37.6 Å². The Hall–Kier alpha value is -4.70. The second-order valence-corrected chi connectivity index (χ2v) is 11.6. The van der Waals surface area contributed by atoms with E-state index in [9.17, 15) is 28.8 Å². The summed E-state index contributed by atoms with van der Waals surface area (Å²) in [6, 6.07) is 5.86. The highest BCUT2D eigenvalue weighted by Crippen LogP contribution is 2.29. The number of benzene rings is 1. The second-order valence-electron chi connectivity index (χ2n) is 11.6. The van der Waals surface area contributed by atoms with Crippen molar-refractivity contribution in [1.29, 1.82) is 0 Å². The largest absolute Gasteiger partial charge is 0.463 e. The van der Waals surface area contributed by atoms with Crippen LogP contribution < -0.4 is 10.6 Å². The third kappa shape index (κ3) is 13.6. The number of amides is 2. The summed E-state index contributed by atoms with van der Waals surface area (Å²) in [6.45, 7) is 12.3. The van der Waals surface area contributed by atoms with E-state index in [0.717, 1.165) is 20.8 Å². The lowest BCUT2D eigenvalue weighted by atomic mass is 9.96. The van der Waals surface area contributed by atoms with Gasteiger partial charge in [-0.1, -0.05) is 43.0 Å². The fraction of sp³-hybridized carbons (Fsp3) is 0.562. The van der Waals surface area contributed by atoms with Gasteiger partial charge in [-0.2, -0.15) is 0 Å². The molecule has 1 aromatic rings. The summed E-state index contributed by atoms with van der Waals surface area (Å²) >= 11 is 0. The van der Waals surface area contributed by atoms with Crippen LogP contribution in [0.1, 0.15) is 54.0 Å². The van der Waals surface area contributed by atoms with Crippen LogP contribution in [0.15, 0.2) is 43.0 Å². The van der Waals surface area contributed by atoms with Gasteiger partial charge in [-0.3, -0.25) is 14.4 Å². The van der Waals surface area contributed by atoms with Crippen molar-refractivity contribution in [3.05, 3.63) is 48.6 Å². The van der Waals surface area contributed by atoms with Crippen molar-refractivity contribution in [2.45, 2.75) is 103 Å². The average Bonchev–Trinajstić information content (AvgIpc) is 2.98. The fourth-order valence-electron chi connectivity index (χ4n) is 4.40. The van der Waals surface area contributed by atoms with E-state index in [4.69, 9.17) is 37.9 Å². The number of carbonyl (C=O) groups is 6.